The third-order valence-corrected chi connectivity index (χ3v) is 5.00. The first-order valence-corrected chi connectivity index (χ1v) is 8.78. The van der Waals surface area contributed by atoms with E-state index in [4.69, 9.17) is 9.84 Å². The van der Waals surface area contributed by atoms with Crippen molar-refractivity contribution in [3.05, 3.63) is 70.8 Å². The number of carbonyl (C=O) groups excluding carboxylic acids is 1. The van der Waals surface area contributed by atoms with Crippen molar-refractivity contribution >= 4 is 24.3 Å². The van der Waals surface area contributed by atoms with E-state index in [1.54, 1.807) is 0 Å². The van der Waals surface area contributed by atoms with Crippen LogP contribution in [0.5, 0.6) is 0 Å². The summed E-state index contributed by atoms with van der Waals surface area (Å²) in [5.74, 6) is -0.698. The van der Waals surface area contributed by atoms with Crippen molar-refractivity contribution in [1.82, 2.24) is 5.32 Å². The third-order valence-electron chi connectivity index (χ3n) is 5.00. The van der Waals surface area contributed by atoms with Crippen LogP contribution in [0.3, 0.4) is 0 Å². The number of fused-ring (bicyclic) bond motifs is 1. The van der Waals surface area contributed by atoms with Gasteiger partial charge in [-0.1, -0.05) is 36.4 Å². The average Bonchev–Trinajstić information content (AvgIpc) is 2.67. The summed E-state index contributed by atoms with van der Waals surface area (Å²) < 4.78 is 4.83. The fraction of sp³-hybridized carbons (Fsp3) is 0.333. The molecular weight excluding hydrogens is 366 g/mol. The van der Waals surface area contributed by atoms with E-state index in [9.17, 15) is 9.59 Å². The molecule has 0 amide bonds. The molecule has 2 N–H and O–H groups in total. The number of methoxy groups -OCH3 is 1. The SMILES string of the molecule is COC(=O)c1ccc2c(c1)CCC(CNCC(=O)O)C2c1ccccc1.Cl. The van der Waals surface area contributed by atoms with Crippen LogP contribution < -0.4 is 5.32 Å². The molecule has 0 fully saturated rings. The van der Waals surface area contributed by atoms with Crippen molar-refractivity contribution in [2.24, 2.45) is 5.92 Å². The van der Waals surface area contributed by atoms with Crippen molar-refractivity contribution in [3.63, 3.8) is 0 Å². The monoisotopic (exact) mass is 389 g/mol. The number of nitrogens with one attached hydrogen (secondary N) is 1. The summed E-state index contributed by atoms with van der Waals surface area (Å²) in [5, 5.41) is 11.9. The number of aliphatic carboxylic acids is 1. The molecule has 2 atom stereocenters. The van der Waals surface area contributed by atoms with Crippen LogP contribution in [-0.2, 0) is 16.0 Å². The number of halogens is 1. The van der Waals surface area contributed by atoms with E-state index in [0.717, 1.165) is 18.4 Å². The average molecular weight is 390 g/mol. The lowest BCUT2D eigenvalue weighted by atomic mass is 9.71. The van der Waals surface area contributed by atoms with Gasteiger partial charge in [0.05, 0.1) is 19.2 Å². The molecule has 0 heterocycles. The number of aryl methyl sites for hydroxylation is 1. The highest BCUT2D eigenvalue weighted by molar-refractivity contribution is 5.89. The van der Waals surface area contributed by atoms with Gasteiger partial charge in [0.25, 0.3) is 0 Å². The first-order chi connectivity index (χ1) is 12.6. The Morgan fingerprint density at radius 1 is 1.19 bits per heavy atom. The van der Waals surface area contributed by atoms with Gasteiger partial charge in [-0.15, -0.1) is 12.4 Å². The number of esters is 1. The molecule has 6 heteroatoms. The van der Waals surface area contributed by atoms with Gasteiger partial charge in [-0.2, -0.15) is 0 Å². The minimum absolute atomic E-state index is 0. The molecule has 0 radical (unpaired) electrons. The van der Waals surface area contributed by atoms with Crippen LogP contribution in [0.15, 0.2) is 48.5 Å². The highest BCUT2D eigenvalue weighted by atomic mass is 35.5. The number of hydrogen-bond donors (Lipinski definition) is 2. The second-order valence-electron chi connectivity index (χ2n) is 6.62. The number of hydrogen-bond acceptors (Lipinski definition) is 4. The predicted octanol–water partition coefficient (Wildman–Crippen LogP) is 3.26. The van der Waals surface area contributed by atoms with Gasteiger partial charge in [-0.25, -0.2) is 4.79 Å². The smallest absolute Gasteiger partial charge is 0.337 e. The van der Waals surface area contributed by atoms with E-state index in [-0.39, 0.29) is 30.8 Å². The van der Waals surface area contributed by atoms with E-state index in [1.807, 2.05) is 36.4 Å². The summed E-state index contributed by atoms with van der Waals surface area (Å²) in [7, 11) is 1.39. The zero-order valence-electron chi connectivity index (χ0n) is 15.2. The molecule has 0 saturated carbocycles. The van der Waals surface area contributed by atoms with Crippen LogP contribution in [-0.4, -0.2) is 37.2 Å². The Morgan fingerprint density at radius 2 is 1.93 bits per heavy atom. The molecule has 2 aromatic carbocycles. The Hall–Kier alpha value is -2.37. The van der Waals surface area contributed by atoms with E-state index in [2.05, 4.69) is 17.4 Å². The van der Waals surface area contributed by atoms with Gasteiger partial charge < -0.3 is 15.2 Å². The molecule has 2 unspecified atom stereocenters. The summed E-state index contributed by atoms with van der Waals surface area (Å²) in [5.41, 5.74) is 4.15. The number of carboxylic acid groups (broad SMARTS) is 1. The van der Waals surface area contributed by atoms with Crippen molar-refractivity contribution < 1.29 is 19.4 Å². The molecule has 0 bridgehead atoms. The van der Waals surface area contributed by atoms with Gasteiger partial charge in [0.2, 0.25) is 0 Å². The third kappa shape index (κ3) is 4.87. The molecular formula is C21H24ClNO4. The topological polar surface area (TPSA) is 75.6 Å². The van der Waals surface area contributed by atoms with Gasteiger partial charge >= 0.3 is 11.9 Å². The maximum Gasteiger partial charge on any atom is 0.337 e. The van der Waals surface area contributed by atoms with Crippen molar-refractivity contribution in [2.75, 3.05) is 20.2 Å². The minimum Gasteiger partial charge on any atom is -0.480 e. The zero-order chi connectivity index (χ0) is 18.5. The summed E-state index contributed by atoms with van der Waals surface area (Å²) >= 11 is 0. The maximum atomic E-state index is 11.8. The van der Waals surface area contributed by atoms with Crippen molar-refractivity contribution in [1.29, 1.82) is 0 Å². The molecule has 144 valence electrons. The molecule has 1 aliphatic rings. The zero-order valence-corrected chi connectivity index (χ0v) is 16.0. The fourth-order valence-corrected chi connectivity index (χ4v) is 3.83. The van der Waals surface area contributed by atoms with Gasteiger partial charge in [0.15, 0.2) is 0 Å². The fourth-order valence-electron chi connectivity index (χ4n) is 3.83. The number of ether oxygens (including phenoxy) is 1. The maximum absolute atomic E-state index is 11.8. The lowest BCUT2D eigenvalue weighted by Gasteiger charge is -2.34. The van der Waals surface area contributed by atoms with Crippen LogP contribution in [0.4, 0.5) is 0 Å². The highest BCUT2D eigenvalue weighted by Gasteiger charge is 2.31. The standard InChI is InChI=1S/C21H23NO4.ClH/c1-26-21(25)16-9-10-18-15(11-16)7-8-17(12-22-13-19(23)24)20(18)14-5-3-2-4-6-14;/h2-6,9-11,17,20,22H,7-8,12-13H2,1H3,(H,23,24);1H. The number of benzene rings is 2. The Morgan fingerprint density at radius 3 is 2.59 bits per heavy atom. The lowest BCUT2D eigenvalue weighted by Crippen LogP contribution is -2.34. The molecule has 2 aromatic rings. The molecule has 0 aromatic heterocycles. The van der Waals surface area contributed by atoms with Crippen LogP contribution >= 0.6 is 12.4 Å². The largest absolute Gasteiger partial charge is 0.480 e. The first-order valence-electron chi connectivity index (χ1n) is 8.78. The second kappa shape index (κ2) is 9.53. The van der Waals surface area contributed by atoms with Crippen molar-refractivity contribution in [3.8, 4) is 0 Å². The molecule has 0 spiro atoms. The highest BCUT2D eigenvalue weighted by Crippen LogP contribution is 2.41. The summed E-state index contributed by atoms with van der Waals surface area (Å²) in [6.45, 7) is 0.607. The van der Waals surface area contributed by atoms with Gasteiger partial charge in [0, 0.05) is 5.92 Å². The van der Waals surface area contributed by atoms with Gasteiger partial charge in [-0.05, 0) is 54.1 Å². The second-order valence-corrected chi connectivity index (χ2v) is 6.62. The number of carbonyl (C=O) groups is 2. The lowest BCUT2D eigenvalue weighted by molar-refractivity contribution is -0.136. The molecule has 0 aliphatic heterocycles. The summed E-state index contributed by atoms with van der Waals surface area (Å²) in [6.07, 6.45) is 1.80. The van der Waals surface area contributed by atoms with Crippen LogP contribution in [0.25, 0.3) is 0 Å². The number of carboxylic acids is 1. The van der Waals surface area contributed by atoms with E-state index < -0.39 is 5.97 Å². The van der Waals surface area contributed by atoms with E-state index in [0.29, 0.717) is 18.0 Å². The summed E-state index contributed by atoms with van der Waals surface area (Å²) in [4.78, 5) is 22.6. The van der Waals surface area contributed by atoms with Crippen molar-refractivity contribution in [2.45, 2.75) is 18.8 Å². The quantitative estimate of drug-likeness (QED) is 0.741. The molecule has 27 heavy (non-hydrogen) atoms. The molecule has 0 saturated heterocycles. The van der Waals surface area contributed by atoms with Crippen LogP contribution in [0, 0.1) is 5.92 Å². The predicted molar refractivity (Wildman–Crippen MR) is 106 cm³/mol. The molecule has 5 nitrogen and oxygen atoms in total. The van der Waals surface area contributed by atoms with Gasteiger partial charge in [0.1, 0.15) is 0 Å². The number of rotatable bonds is 6. The Kier molecular flexibility index (Phi) is 7.39. The normalized spacial score (nSPS) is 18.1. The summed E-state index contributed by atoms with van der Waals surface area (Å²) in [6, 6.07) is 16.0. The first kappa shape index (κ1) is 20.9. The van der Waals surface area contributed by atoms with E-state index >= 15 is 0 Å². The molecule has 3 rings (SSSR count). The Bertz CT molecular complexity index is 794. The molecule has 1 aliphatic carbocycles. The minimum atomic E-state index is -0.847. The Balaban J connectivity index is 0.00000261. The van der Waals surface area contributed by atoms with Crippen LogP contribution in [0.2, 0.25) is 0 Å². The van der Waals surface area contributed by atoms with E-state index in [1.165, 1.54) is 18.2 Å². The van der Waals surface area contributed by atoms with Crippen LogP contribution in [0.1, 0.15) is 39.4 Å². The van der Waals surface area contributed by atoms with Gasteiger partial charge in [-0.3, -0.25) is 4.79 Å². The Labute approximate surface area is 165 Å².